The Balaban J connectivity index is 2.38. The molecule has 1 heterocycles. The quantitative estimate of drug-likeness (QED) is 0.759. The highest BCUT2D eigenvalue weighted by atomic mass is 19.1. The number of nitrogens with one attached hydrogen (secondary N) is 1. The lowest BCUT2D eigenvalue weighted by Gasteiger charge is -2.33. The van der Waals surface area contributed by atoms with E-state index in [9.17, 15) is 13.9 Å². The number of hydrogen-bond donors (Lipinski definition) is 2. The minimum atomic E-state index is -0.908. The lowest BCUT2D eigenvalue weighted by Crippen LogP contribution is -2.43. The Kier molecular flexibility index (Phi) is 3.07. The maximum absolute atomic E-state index is 13.2. The third-order valence-corrected chi connectivity index (χ3v) is 2.93. The summed E-state index contributed by atoms with van der Waals surface area (Å²) in [6.45, 7) is 2.20. The molecule has 16 heavy (non-hydrogen) atoms. The fourth-order valence-corrected chi connectivity index (χ4v) is 1.99. The summed E-state index contributed by atoms with van der Waals surface area (Å²) < 4.78 is 26.3. The van der Waals surface area contributed by atoms with Crippen LogP contribution in [0, 0.1) is 11.6 Å². The van der Waals surface area contributed by atoms with Crippen LogP contribution >= 0.6 is 0 Å². The van der Waals surface area contributed by atoms with Crippen molar-refractivity contribution in [2.45, 2.75) is 6.04 Å². The second-order valence-electron chi connectivity index (χ2n) is 4.03. The molecule has 1 saturated heterocycles. The van der Waals surface area contributed by atoms with Crippen LogP contribution in [0.15, 0.2) is 12.1 Å². The Morgan fingerprint density at radius 2 is 2.19 bits per heavy atom. The number of nitrogens with zero attached hydrogens (tertiary/aromatic N) is 1. The lowest BCUT2D eigenvalue weighted by atomic mass is 10.0. The normalized spacial score (nSPS) is 22.3. The van der Waals surface area contributed by atoms with Gasteiger partial charge in [-0.25, -0.2) is 8.78 Å². The lowest BCUT2D eigenvalue weighted by molar-refractivity contribution is 0.197. The first-order valence-corrected chi connectivity index (χ1v) is 5.18. The fourth-order valence-electron chi connectivity index (χ4n) is 1.99. The van der Waals surface area contributed by atoms with Crippen molar-refractivity contribution in [2.75, 3.05) is 26.7 Å². The van der Waals surface area contributed by atoms with Crippen LogP contribution in [0.4, 0.5) is 8.78 Å². The molecule has 1 aliphatic heterocycles. The second kappa shape index (κ2) is 4.35. The van der Waals surface area contributed by atoms with Gasteiger partial charge in [-0.1, -0.05) is 0 Å². The molecule has 1 aromatic carbocycles. The van der Waals surface area contributed by atoms with Gasteiger partial charge in [-0.3, -0.25) is 4.90 Å². The average Bonchev–Trinajstić information content (AvgIpc) is 2.24. The average molecular weight is 228 g/mol. The third-order valence-electron chi connectivity index (χ3n) is 2.93. The van der Waals surface area contributed by atoms with Crippen LogP contribution < -0.4 is 5.32 Å². The van der Waals surface area contributed by atoms with E-state index in [2.05, 4.69) is 5.32 Å². The molecule has 88 valence electrons. The summed E-state index contributed by atoms with van der Waals surface area (Å²) in [5, 5.41) is 12.7. The molecule has 0 radical (unpaired) electrons. The van der Waals surface area contributed by atoms with Gasteiger partial charge in [0.25, 0.3) is 0 Å². The van der Waals surface area contributed by atoms with Crippen molar-refractivity contribution in [1.82, 2.24) is 10.2 Å². The number of piperazine rings is 1. The Morgan fingerprint density at radius 1 is 1.44 bits per heavy atom. The van der Waals surface area contributed by atoms with Crippen molar-refractivity contribution in [3.8, 4) is 5.75 Å². The molecule has 1 aliphatic rings. The van der Waals surface area contributed by atoms with Crippen LogP contribution in [0.5, 0.6) is 5.75 Å². The molecule has 3 nitrogen and oxygen atoms in total. The maximum Gasteiger partial charge on any atom is 0.168 e. The van der Waals surface area contributed by atoms with Crippen molar-refractivity contribution >= 4 is 0 Å². The number of likely N-dealkylation sites (N-methyl/N-ethyl adjacent to an activating group) is 1. The van der Waals surface area contributed by atoms with Gasteiger partial charge in [0.2, 0.25) is 0 Å². The van der Waals surface area contributed by atoms with Crippen molar-refractivity contribution in [3.63, 3.8) is 0 Å². The van der Waals surface area contributed by atoms with Crippen molar-refractivity contribution < 1.29 is 13.9 Å². The van der Waals surface area contributed by atoms with Gasteiger partial charge < -0.3 is 10.4 Å². The SMILES string of the molecule is CN1CCNCC1c1cc(F)cc(F)c1O. The van der Waals surface area contributed by atoms with Gasteiger partial charge in [-0.15, -0.1) is 0 Å². The highest BCUT2D eigenvalue weighted by Gasteiger charge is 2.25. The summed E-state index contributed by atoms with van der Waals surface area (Å²) in [7, 11) is 1.87. The zero-order valence-corrected chi connectivity index (χ0v) is 9.00. The molecule has 0 amide bonds. The fraction of sp³-hybridized carbons (Fsp3) is 0.455. The number of rotatable bonds is 1. The monoisotopic (exact) mass is 228 g/mol. The first-order chi connectivity index (χ1) is 7.59. The molecular formula is C11H14F2N2O. The largest absolute Gasteiger partial charge is 0.505 e. The Labute approximate surface area is 92.7 Å². The minimum Gasteiger partial charge on any atom is -0.505 e. The third kappa shape index (κ3) is 2.01. The summed E-state index contributed by atoms with van der Waals surface area (Å²) in [6.07, 6.45) is 0. The molecule has 5 heteroatoms. The maximum atomic E-state index is 13.2. The predicted molar refractivity (Wildman–Crippen MR) is 56.3 cm³/mol. The standard InChI is InChI=1S/C11H14F2N2O/c1-15-3-2-14-6-10(15)8-4-7(12)5-9(13)11(8)16/h4-5,10,14,16H,2-3,6H2,1H3. The van der Waals surface area contributed by atoms with Crippen LogP contribution in [0.3, 0.4) is 0 Å². The molecule has 0 aromatic heterocycles. The van der Waals surface area contributed by atoms with Crippen LogP contribution in [-0.2, 0) is 0 Å². The number of aromatic hydroxyl groups is 1. The summed E-state index contributed by atoms with van der Waals surface area (Å²) in [4.78, 5) is 1.96. The van der Waals surface area contributed by atoms with E-state index in [-0.39, 0.29) is 6.04 Å². The van der Waals surface area contributed by atoms with Gasteiger partial charge >= 0.3 is 0 Å². The van der Waals surface area contributed by atoms with E-state index >= 15 is 0 Å². The van der Waals surface area contributed by atoms with Crippen molar-refractivity contribution in [2.24, 2.45) is 0 Å². The summed E-state index contributed by atoms with van der Waals surface area (Å²) in [5.41, 5.74) is 0.298. The molecule has 0 spiro atoms. The Bertz CT molecular complexity index is 398. The van der Waals surface area contributed by atoms with Crippen molar-refractivity contribution in [1.29, 1.82) is 0 Å². The van der Waals surface area contributed by atoms with Gasteiger partial charge in [0.1, 0.15) is 5.82 Å². The molecule has 2 rings (SSSR count). The summed E-state index contributed by atoms with van der Waals surface area (Å²) in [6, 6.07) is 1.68. The molecule has 1 fully saturated rings. The summed E-state index contributed by atoms with van der Waals surface area (Å²) >= 11 is 0. The first kappa shape index (κ1) is 11.3. The number of benzene rings is 1. The number of phenolic OH excluding ortho intramolecular Hbond substituents is 1. The van der Waals surface area contributed by atoms with E-state index in [0.29, 0.717) is 18.2 Å². The smallest absolute Gasteiger partial charge is 0.168 e. The Hall–Kier alpha value is -1.20. The van der Waals surface area contributed by atoms with Gasteiger partial charge in [-0.2, -0.15) is 0 Å². The van der Waals surface area contributed by atoms with Gasteiger partial charge in [-0.05, 0) is 13.1 Å². The highest BCUT2D eigenvalue weighted by molar-refractivity contribution is 5.37. The first-order valence-electron chi connectivity index (χ1n) is 5.18. The van der Waals surface area contributed by atoms with E-state index in [1.54, 1.807) is 0 Å². The molecular weight excluding hydrogens is 214 g/mol. The van der Waals surface area contributed by atoms with Crippen molar-refractivity contribution in [3.05, 3.63) is 29.3 Å². The molecule has 1 atom stereocenters. The number of hydrogen-bond acceptors (Lipinski definition) is 3. The molecule has 0 bridgehead atoms. The zero-order valence-electron chi connectivity index (χ0n) is 9.00. The summed E-state index contributed by atoms with van der Waals surface area (Å²) in [5.74, 6) is -2.03. The van der Waals surface area contributed by atoms with E-state index in [1.165, 1.54) is 6.07 Å². The van der Waals surface area contributed by atoms with Gasteiger partial charge in [0.15, 0.2) is 11.6 Å². The van der Waals surface area contributed by atoms with Crippen LogP contribution in [0.2, 0.25) is 0 Å². The molecule has 1 aromatic rings. The van der Waals surface area contributed by atoms with Gasteiger partial charge in [0.05, 0.1) is 6.04 Å². The predicted octanol–water partition coefficient (Wildman–Crippen LogP) is 1.25. The van der Waals surface area contributed by atoms with Crippen LogP contribution in [0.25, 0.3) is 0 Å². The van der Waals surface area contributed by atoms with E-state index in [1.807, 2.05) is 11.9 Å². The zero-order chi connectivity index (χ0) is 11.7. The van der Waals surface area contributed by atoms with E-state index in [4.69, 9.17) is 0 Å². The second-order valence-corrected chi connectivity index (χ2v) is 4.03. The number of phenols is 1. The molecule has 2 N–H and O–H groups in total. The van der Waals surface area contributed by atoms with E-state index in [0.717, 1.165) is 13.1 Å². The highest BCUT2D eigenvalue weighted by Crippen LogP contribution is 2.31. The van der Waals surface area contributed by atoms with Gasteiger partial charge in [0, 0.05) is 31.3 Å². The minimum absolute atomic E-state index is 0.195. The Morgan fingerprint density at radius 3 is 2.88 bits per heavy atom. The molecule has 0 saturated carbocycles. The molecule has 0 aliphatic carbocycles. The molecule has 1 unspecified atom stereocenters. The van der Waals surface area contributed by atoms with E-state index < -0.39 is 17.4 Å². The van der Waals surface area contributed by atoms with Crippen LogP contribution in [0.1, 0.15) is 11.6 Å². The number of halogens is 2. The topological polar surface area (TPSA) is 35.5 Å². The van der Waals surface area contributed by atoms with Crippen LogP contribution in [-0.4, -0.2) is 36.7 Å².